The fourth-order valence-electron chi connectivity index (χ4n) is 0.492. The Balaban J connectivity index is 0. The van der Waals surface area contributed by atoms with Crippen LogP contribution in [-0.2, 0) is 9.47 Å². The van der Waals surface area contributed by atoms with Gasteiger partial charge in [-0.05, 0) is 27.7 Å². The summed E-state index contributed by atoms with van der Waals surface area (Å²) in [6, 6.07) is 0. The zero-order valence-corrected chi connectivity index (χ0v) is 9.82. The van der Waals surface area contributed by atoms with E-state index in [2.05, 4.69) is 0 Å². The van der Waals surface area contributed by atoms with Crippen LogP contribution >= 0.6 is 0 Å². The van der Waals surface area contributed by atoms with Crippen molar-refractivity contribution >= 4 is 0 Å². The summed E-state index contributed by atoms with van der Waals surface area (Å²) in [6.07, 6.45) is 0. The fourth-order valence-corrected chi connectivity index (χ4v) is 0.492. The molecule has 2 nitrogen and oxygen atoms in total. The molecule has 0 aliphatic rings. The molecule has 12 heavy (non-hydrogen) atoms. The lowest BCUT2D eigenvalue weighted by molar-refractivity contribution is -0.147. The van der Waals surface area contributed by atoms with Crippen LogP contribution in [0.15, 0.2) is 0 Å². The Morgan fingerprint density at radius 3 is 0.917 bits per heavy atom. The first-order valence-corrected chi connectivity index (χ1v) is 4.47. The highest BCUT2D eigenvalue weighted by atomic mass is 16.5. The van der Waals surface area contributed by atoms with E-state index in [-0.39, 0.29) is 11.2 Å². The topological polar surface area (TPSA) is 18.5 Å². The molecule has 0 aromatic rings. The quantitative estimate of drug-likeness (QED) is 0.658. The molecule has 0 rings (SSSR count). The van der Waals surface area contributed by atoms with Gasteiger partial charge in [-0.1, -0.05) is 13.8 Å². The molecule has 0 aromatic heterocycles. The van der Waals surface area contributed by atoms with E-state index in [1.165, 1.54) is 0 Å². The normalized spacial score (nSPS) is 12.0. The second kappa shape index (κ2) is 5.55. The van der Waals surface area contributed by atoms with Gasteiger partial charge < -0.3 is 9.47 Å². The maximum absolute atomic E-state index is 5.27. The van der Waals surface area contributed by atoms with Gasteiger partial charge in [-0.2, -0.15) is 0 Å². The summed E-state index contributed by atoms with van der Waals surface area (Å²) in [5, 5.41) is 0. The van der Waals surface area contributed by atoms with Gasteiger partial charge in [0.2, 0.25) is 0 Å². The van der Waals surface area contributed by atoms with Crippen molar-refractivity contribution in [2.75, 3.05) is 14.2 Å². The van der Waals surface area contributed by atoms with E-state index < -0.39 is 0 Å². The Morgan fingerprint density at radius 2 is 0.833 bits per heavy atom. The minimum Gasteiger partial charge on any atom is -0.376 e. The molecule has 0 aliphatic heterocycles. The van der Waals surface area contributed by atoms with Crippen LogP contribution in [0, 0.1) is 0 Å². The van der Waals surface area contributed by atoms with Crippen LogP contribution in [0.1, 0.15) is 41.5 Å². The Morgan fingerprint density at radius 1 is 0.667 bits per heavy atom. The molecule has 0 unspecified atom stereocenters. The lowest BCUT2D eigenvalue weighted by Crippen LogP contribution is -2.48. The third-order valence-corrected chi connectivity index (χ3v) is 2.47. The second-order valence-electron chi connectivity index (χ2n) is 3.43. The smallest absolute Gasteiger partial charge is 0.0905 e. The molecular weight excluding hydrogens is 152 g/mol. The van der Waals surface area contributed by atoms with Gasteiger partial charge in [0.1, 0.15) is 0 Å². The van der Waals surface area contributed by atoms with Gasteiger partial charge in [0, 0.05) is 14.2 Å². The summed E-state index contributed by atoms with van der Waals surface area (Å²) in [5.41, 5.74) is -0.469. The first-order chi connectivity index (χ1) is 5.37. The minimum atomic E-state index is -0.234. The van der Waals surface area contributed by atoms with Crippen molar-refractivity contribution < 1.29 is 9.47 Å². The summed E-state index contributed by atoms with van der Waals surface area (Å²) in [4.78, 5) is 0. The predicted molar refractivity (Wildman–Crippen MR) is 53.5 cm³/mol. The van der Waals surface area contributed by atoms with E-state index in [4.69, 9.17) is 9.47 Å². The van der Waals surface area contributed by atoms with Crippen LogP contribution in [-0.4, -0.2) is 25.4 Å². The number of rotatable bonds is 3. The van der Waals surface area contributed by atoms with Gasteiger partial charge in [-0.3, -0.25) is 0 Å². The van der Waals surface area contributed by atoms with Crippen molar-refractivity contribution in [3.8, 4) is 0 Å². The van der Waals surface area contributed by atoms with Crippen molar-refractivity contribution in [2.45, 2.75) is 52.7 Å². The van der Waals surface area contributed by atoms with Crippen molar-refractivity contribution in [3.05, 3.63) is 0 Å². The van der Waals surface area contributed by atoms with Crippen molar-refractivity contribution in [2.24, 2.45) is 0 Å². The molecule has 0 saturated carbocycles. The summed E-state index contributed by atoms with van der Waals surface area (Å²) in [5.74, 6) is 0. The first kappa shape index (κ1) is 14.4. The Labute approximate surface area is 77.3 Å². The van der Waals surface area contributed by atoms with Gasteiger partial charge in [-0.25, -0.2) is 0 Å². The molecule has 0 radical (unpaired) electrons. The van der Waals surface area contributed by atoms with Crippen molar-refractivity contribution in [1.29, 1.82) is 0 Å². The molecule has 2 heteroatoms. The van der Waals surface area contributed by atoms with Gasteiger partial charge in [0.15, 0.2) is 0 Å². The largest absolute Gasteiger partial charge is 0.376 e. The number of hydrogen-bond acceptors (Lipinski definition) is 2. The van der Waals surface area contributed by atoms with Crippen LogP contribution in [0.5, 0.6) is 0 Å². The molecule has 0 N–H and O–H groups in total. The number of ether oxygens (including phenoxy) is 2. The molecule has 0 aromatic carbocycles. The van der Waals surface area contributed by atoms with Crippen molar-refractivity contribution in [1.82, 2.24) is 0 Å². The van der Waals surface area contributed by atoms with E-state index in [0.717, 1.165) is 0 Å². The van der Waals surface area contributed by atoms with Crippen molar-refractivity contribution in [3.63, 3.8) is 0 Å². The molecule has 0 amide bonds. The maximum atomic E-state index is 5.27. The molecule has 0 bridgehead atoms. The molecule has 0 heterocycles. The Hall–Kier alpha value is -0.0800. The SMILES string of the molecule is CC.COC(C)(C)C(C)(C)OC. The average Bonchev–Trinajstić information content (AvgIpc) is 2.08. The minimum absolute atomic E-state index is 0.234. The highest BCUT2D eigenvalue weighted by Crippen LogP contribution is 2.26. The summed E-state index contributed by atoms with van der Waals surface area (Å²) < 4.78 is 10.5. The summed E-state index contributed by atoms with van der Waals surface area (Å²) >= 11 is 0. The summed E-state index contributed by atoms with van der Waals surface area (Å²) in [6.45, 7) is 12.0. The fraction of sp³-hybridized carbons (Fsp3) is 1.00. The monoisotopic (exact) mass is 176 g/mol. The average molecular weight is 176 g/mol. The third-order valence-electron chi connectivity index (χ3n) is 2.47. The zero-order valence-electron chi connectivity index (χ0n) is 9.82. The maximum Gasteiger partial charge on any atom is 0.0905 e. The molecule has 0 aliphatic carbocycles. The van der Waals surface area contributed by atoms with Crippen LogP contribution in [0.4, 0.5) is 0 Å². The molecule has 76 valence electrons. The van der Waals surface area contributed by atoms with Crippen LogP contribution in [0.3, 0.4) is 0 Å². The van der Waals surface area contributed by atoms with E-state index >= 15 is 0 Å². The number of hydrogen-bond donors (Lipinski definition) is 0. The van der Waals surface area contributed by atoms with Gasteiger partial charge in [0.05, 0.1) is 11.2 Å². The highest BCUT2D eigenvalue weighted by molar-refractivity contribution is 4.88. The van der Waals surface area contributed by atoms with E-state index in [0.29, 0.717) is 0 Å². The van der Waals surface area contributed by atoms with Crippen LogP contribution in [0.2, 0.25) is 0 Å². The molecule has 0 spiro atoms. The van der Waals surface area contributed by atoms with E-state index in [1.54, 1.807) is 14.2 Å². The highest BCUT2D eigenvalue weighted by Gasteiger charge is 2.36. The Bertz CT molecular complexity index is 92.4. The first-order valence-electron chi connectivity index (χ1n) is 4.47. The molecule has 0 atom stereocenters. The van der Waals surface area contributed by atoms with E-state index in [9.17, 15) is 0 Å². The lowest BCUT2D eigenvalue weighted by atomic mass is 9.89. The van der Waals surface area contributed by atoms with Crippen LogP contribution in [0.25, 0.3) is 0 Å². The predicted octanol–water partition coefficient (Wildman–Crippen LogP) is 2.86. The second-order valence-corrected chi connectivity index (χ2v) is 3.43. The van der Waals surface area contributed by atoms with Gasteiger partial charge >= 0.3 is 0 Å². The third kappa shape index (κ3) is 3.55. The number of methoxy groups -OCH3 is 2. The molecule has 0 fully saturated rings. The summed E-state index contributed by atoms with van der Waals surface area (Å²) in [7, 11) is 3.39. The molecular formula is C10H24O2. The lowest BCUT2D eigenvalue weighted by Gasteiger charge is -2.38. The zero-order chi connectivity index (χ0) is 10.4. The Kier molecular flexibility index (Phi) is 6.68. The molecule has 0 saturated heterocycles. The standard InChI is InChI=1S/C8H18O2.C2H6/c1-7(2,9-5)8(3,4)10-6;1-2/h1-6H3;1-2H3. The van der Waals surface area contributed by atoms with Gasteiger partial charge in [0.25, 0.3) is 0 Å². The van der Waals surface area contributed by atoms with Gasteiger partial charge in [-0.15, -0.1) is 0 Å². The van der Waals surface area contributed by atoms with Crippen LogP contribution < -0.4 is 0 Å². The van der Waals surface area contributed by atoms with E-state index in [1.807, 2.05) is 41.5 Å².